The van der Waals surface area contributed by atoms with Crippen LogP contribution in [0, 0.1) is 11.7 Å². The molecule has 1 aromatic rings. The molecule has 1 aliphatic rings. The number of carbonyl (C=O) groups is 1. The standard InChI is InChI=1S/C15H22FN3O3S/c1-11(20)18-15-9-13(3-4-14(15)16)23(21,22)19-7-5-12(6-8-19)10-17-2/h3-4,9,12,17H,5-8,10H2,1-2H3,(H,18,20). The fraction of sp³-hybridized carbons (Fsp3) is 0.533. The Hall–Kier alpha value is -1.51. The van der Waals surface area contributed by atoms with E-state index in [-0.39, 0.29) is 10.6 Å². The summed E-state index contributed by atoms with van der Waals surface area (Å²) in [6, 6.07) is 3.47. The molecule has 0 unspecified atom stereocenters. The van der Waals surface area contributed by atoms with Crippen molar-refractivity contribution in [3.63, 3.8) is 0 Å². The van der Waals surface area contributed by atoms with Crippen molar-refractivity contribution < 1.29 is 17.6 Å². The molecule has 0 bridgehead atoms. The summed E-state index contributed by atoms with van der Waals surface area (Å²) in [5, 5.41) is 5.41. The van der Waals surface area contributed by atoms with Crippen molar-refractivity contribution in [3.8, 4) is 0 Å². The van der Waals surface area contributed by atoms with Gasteiger partial charge in [-0.2, -0.15) is 4.31 Å². The molecule has 0 aromatic heterocycles. The van der Waals surface area contributed by atoms with E-state index in [2.05, 4.69) is 10.6 Å². The number of hydrogen-bond acceptors (Lipinski definition) is 4. The van der Waals surface area contributed by atoms with Gasteiger partial charge in [-0.1, -0.05) is 0 Å². The van der Waals surface area contributed by atoms with Gasteiger partial charge in [-0.15, -0.1) is 0 Å². The summed E-state index contributed by atoms with van der Waals surface area (Å²) in [6.07, 6.45) is 1.58. The first-order chi connectivity index (χ1) is 10.8. The monoisotopic (exact) mass is 343 g/mol. The third kappa shape index (κ3) is 4.27. The summed E-state index contributed by atoms with van der Waals surface area (Å²) in [6.45, 7) is 3.01. The maximum atomic E-state index is 13.7. The maximum absolute atomic E-state index is 13.7. The highest BCUT2D eigenvalue weighted by Gasteiger charge is 2.29. The van der Waals surface area contributed by atoms with E-state index < -0.39 is 21.7 Å². The van der Waals surface area contributed by atoms with E-state index in [0.717, 1.165) is 25.5 Å². The Morgan fingerprint density at radius 3 is 2.57 bits per heavy atom. The fourth-order valence-electron chi connectivity index (χ4n) is 2.74. The minimum Gasteiger partial charge on any atom is -0.324 e. The second-order valence-corrected chi connectivity index (χ2v) is 7.67. The van der Waals surface area contributed by atoms with Crippen LogP contribution in [0.5, 0.6) is 0 Å². The average Bonchev–Trinajstić information content (AvgIpc) is 2.50. The number of rotatable bonds is 5. The van der Waals surface area contributed by atoms with Crippen LogP contribution in [0.1, 0.15) is 19.8 Å². The van der Waals surface area contributed by atoms with Crippen LogP contribution in [0.2, 0.25) is 0 Å². The van der Waals surface area contributed by atoms with Gasteiger partial charge in [0.2, 0.25) is 15.9 Å². The van der Waals surface area contributed by atoms with Gasteiger partial charge in [0.15, 0.2) is 0 Å². The largest absolute Gasteiger partial charge is 0.324 e. The Bertz CT molecular complexity index is 671. The van der Waals surface area contributed by atoms with E-state index in [1.807, 2.05) is 7.05 Å². The second-order valence-electron chi connectivity index (χ2n) is 5.73. The van der Waals surface area contributed by atoms with Crippen LogP contribution in [-0.4, -0.2) is 45.3 Å². The highest BCUT2D eigenvalue weighted by Crippen LogP contribution is 2.26. The first-order valence-electron chi connectivity index (χ1n) is 7.56. The maximum Gasteiger partial charge on any atom is 0.243 e. The molecule has 8 heteroatoms. The molecule has 0 radical (unpaired) electrons. The van der Waals surface area contributed by atoms with Gasteiger partial charge >= 0.3 is 0 Å². The number of sulfonamides is 1. The van der Waals surface area contributed by atoms with Crippen molar-refractivity contribution in [2.45, 2.75) is 24.7 Å². The normalized spacial score (nSPS) is 17.2. The number of nitrogens with one attached hydrogen (secondary N) is 2. The number of carbonyl (C=O) groups excluding carboxylic acids is 1. The van der Waals surface area contributed by atoms with Crippen molar-refractivity contribution in [2.24, 2.45) is 5.92 Å². The van der Waals surface area contributed by atoms with Crippen LogP contribution in [0.3, 0.4) is 0 Å². The number of piperidine rings is 1. The molecule has 0 atom stereocenters. The summed E-state index contributed by atoms with van der Waals surface area (Å²) < 4.78 is 40.4. The third-order valence-electron chi connectivity index (χ3n) is 3.95. The number of hydrogen-bond donors (Lipinski definition) is 2. The third-order valence-corrected chi connectivity index (χ3v) is 5.85. The van der Waals surface area contributed by atoms with Crippen LogP contribution < -0.4 is 10.6 Å². The predicted molar refractivity (Wildman–Crippen MR) is 86.1 cm³/mol. The molecule has 0 spiro atoms. The van der Waals surface area contributed by atoms with E-state index >= 15 is 0 Å². The van der Waals surface area contributed by atoms with Crippen LogP contribution in [0.4, 0.5) is 10.1 Å². The molecule has 23 heavy (non-hydrogen) atoms. The molecule has 0 aliphatic carbocycles. The van der Waals surface area contributed by atoms with E-state index in [0.29, 0.717) is 19.0 Å². The van der Waals surface area contributed by atoms with Crippen LogP contribution >= 0.6 is 0 Å². The lowest BCUT2D eigenvalue weighted by molar-refractivity contribution is -0.114. The Balaban J connectivity index is 2.18. The van der Waals surface area contributed by atoms with Crippen molar-refractivity contribution in [1.82, 2.24) is 9.62 Å². The number of amides is 1. The summed E-state index contributed by atoms with van der Waals surface area (Å²) in [5.41, 5.74) is -0.122. The van der Waals surface area contributed by atoms with Gasteiger partial charge in [0.1, 0.15) is 5.82 Å². The van der Waals surface area contributed by atoms with Crippen LogP contribution in [0.15, 0.2) is 23.1 Å². The zero-order valence-corrected chi connectivity index (χ0v) is 14.1. The van der Waals surface area contributed by atoms with Gasteiger partial charge in [0.25, 0.3) is 0 Å². The minimum absolute atomic E-state index is 0.00489. The zero-order valence-electron chi connectivity index (χ0n) is 13.3. The summed E-state index contributed by atoms with van der Waals surface area (Å²) in [5.74, 6) is -0.646. The van der Waals surface area contributed by atoms with Crippen molar-refractivity contribution in [3.05, 3.63) is 24.0 Å². The Morgan fingerprint density at radius 1 is 1.35 bits per heavy atom. The van der Waals surface area contributed by atoms with Crippen molar-refractivity contribution in [1.29, 1.82) is 0 Å². The first-order valence-corrected chi connectivity index (χ1v) is 9.00. The predicted octanol–water partition coefficient (Wildman–Crippen LogP) is 1.40. The Kier molecular flexibility index (Phi) is 5.72. The van der Waals surface area contributed by atoms with Gasteiger partial charge in [0, 0.05) is 20.0 Å². The number of nitrogens with zero attached hydrogens (tertiary/aromatic N) is 1. The van der Waals surface area contributed by atoms with Gasteiger partial charge in [-0.25, -0.2) is 12.8 Å². The molecule has 1 aliphatic heterocycles. The molecule has 1 fully saturated rings. The minimum atomic E-state index is -3.68. The quantitative estimate of drug-likeness (QED) is 0.847. The van der Waals surface area contributed by atoms with Crippen molar-refractivity contribution in [2.75, 3.05) is 32.0 Å². The molecule has 1 saturated heterocycles. The van der Waals surface area contributed by atoms with Gasteiger partial charge in [-0.05, 0) is 50.6 Å². The van der Waals surface area contributed by atoms with Gasteiger partial charge < -0.3 is 10.6 Å². The van der Waals surface area contributed by atoms with Crippen molar-refractivity contribution >= 4 is 21.6 Å². The Labute approximate surface area is 136 Å². The van der Waals surface area contributed by atoms with Crippen LogP contribution in [-0.2, 0) is 14.8 Å². The zero-order chi connectivity index (χ0) is 17.0. The molecular formula is C15H22FN3O3S. The molecule has 6 nitrogen and oxygen atoms in total. The average molecular weight is 343 g/mol. The summed E-state index contributed by atoms with van der Waals surface area (Å²) in [4.78, 5) is 11.1. The molecule has 128 valence electrons. The lowest BCUT2D eigenvalue weighted by atomic mass is 9.98. The molecule has 0 saturated carbocycles. The number of halogens is 1. The molecule has 1 amide bonds. The van der Waals surface area contributed by atoms with Gasteiger partial charge in [0.05, 0.1) is 10.6 Å². The Morgan fingerprint density at radius 2 is 2.00 bits per heavy atom. The first kappa shape index (κ1) is 17.8. The number of anilines is 1. The topological polar surface area (TPSA) is 78.5 Å². The highest BCUT2D eigenvalue weighted by molar-refractivity contribution is 7.89. The van der Waals surface area contributed by atoms with Crippen LogP contribution in [0.25, 0.3) is 0 Å². The van der Waals surface area contributed by atoms with Gasteiger partial charge in [-0.3, -0.25) is 4.79 Å². The second kappa shape index (κ2) is 7.37. The van der Waals surface area contributed by atoms with E-state index in [4.69, 9.17) is 0 Å². The molecule has 1 heterocycles. The summed E-state index contributed by atoms with van der Waals surface area (Å²) >= 11 is 0. The molecular weight excluding hydrogens is 321 g/mol. The summed E-state index contributed by atoms with van der Waals surface area (Å²) in [7, 11) is -1.80. The molecule has 1 aromatic carbocycles. The number of benzene rings is 1. The van der Waals surface area contributed by atoms with E-state index in [1.54, 1.807) is 0 Å². The van der Waals surface area contributed by atoms with E-state index in [1.165, 1.54) is 23.4 Å². The fourth-order valence-corrected chi connectivity index (χ4v) is 4.24. The van der Waals surface area contributed by atoms with E-state index in [9.17, 15) is 17.6 Å². The lowest BCUT2D eigenvalue weighted by Crippen LogP contribution is -2.40. The smallest absolute Gasteiger partial charge is 0.243 e. The SMILES string of the molecule is CNCC1CCN(S(=O)(=O)c2ccc(F)c(NC(C)=O)c2)CC1. The highest BCUT2D eigenvalue weighted by atomic mass is 32.2. The lowest BCUT2D eigenvalue weighted by Gasteiger charge is -2.31. The molecule has 2 N–H and O–H groups in total. The molecule has 2 rings (SSSR count).